The number of nitrogens with zero attached hydrogens (tertiary/aromatic N) is 1. The van der Waals surface area contributed by atoms with Gasteiger partial charge in [-0.2, -0.15) is 0 Å². The van der Waals surface area contributed by atoms with E-state index in [4.69, 9.17) is 14.0 Å². The average molecular weight is 376 g/mol. The molecule has 5 nitrogen and oxygen atoms in total. The van der Waals surface area contributed by atoms with Crippen LogP contribution in [0.15, 0.2) is 21.1 Å². The van der Waals surface area contributed by atoms with Gasteiger partial charge < -0.3 is 19.3 Å². The number of fused-ring (bicyclic) bond motifs is 1. The minimum absolute atomic E-state index is 0. The van der Waals surface area contributed by atoms with Gasteiger partial charge in [0.1, 0.15) is 5.76 Å². The Hall–Kier alpha value is -1.24. The lowest BCUT2D eigenvalue weighted by Crippen LogP contribution is -2.13. The molecule has 7 heteroatoms. The molecule has 0 unspecified atom stereocenters. The first-order valence-electron chi connectivity index (χ1n) is 6.35. The summed E-state index contributed by atoms with van der Waals surface area (Å²) in [5, 5.41) is 7.33. The van der Waals surface area contributed by atoms with Crippen LogP contribution in [0.4, 0.5) is 0 Å². The van der Waals surface area contributed by atoms with Crippen LogP contribution in [0.3, 0.4) is 0 Å². The van der Waals surface area contributed by atoms with Crippen LogP contribution in [0.25, 0.3) is 0 Å². The molecule has 1 aromatic carbocycles. The van der Waals surface area contributed by atoms with E-state index in [9.17, 15) is 0 Å². The van der Waals surface area contributed by atoms with E-state index in [2.05, 4.69) is 26.4 Å². The van der Waals surface area contributed by atoms with E-state index in [1.807, 2.05) is 26.0 Å². The van der Waals surface area contributed by atoms with Gasteiger partial charge in [-0.05, 0) is 47.5 Å². The molecule has 21 heavy (non-hydrogen) atoms. The molecule has 0 fully saturated rings. The van der Waals surface area contributed by atoms with Gasteiger partial charge in [-0.15, -0.1) is 12.4 Å². The fourth-order valence-electron chi connectivity index (χ4n) is 2.21. The third-order valence-electron chi connectivity index (χ3n) is 3.30. The van der Waals surface area contributed by atoms with Crippen LogP contribution in [-0.4, -0.2) is 11.9 Å². The maximum atomic E-state index is 5.41. The Bertz CT molecular complexity index is 626. The molecular weight excluding hydrogens is 360 g/mol. The Morgan fingerprint density at radius 2 is 2.05 bits per heavy atom. The summed E-state index contributed by atoms with van der Waals surface area (Å²) in [6.45, 7) is 5.62. The highest BCUT2D eigenvalue weighted by molar-refractivity contribution is 9.10. The van der Waals surface area contributed by atoms with Crippen LogP contribution in [0.5, 0.6) is 11.5 Å². The van der Waals surface area contributed by atoms with E-state index in [0.717, 1.165) is 51.6 Å². The van der Waals surface area contributed by atoms with Crippen molar-refractivity contribution in [1.82, 2.24) is 10.5 Å². The number of rotatable bonds is 4. The number of halogens is 2. The summed E-state index contributed by atoms with van der Waals surface area (Å²) < 4.78 is 16.8. The topological polar surface area (TPSA) is 56.5 Å². The van der Waals surface area contributed by atoms with Gasteiger partial charge in [0.05, 0.1) is 10.2 Å². The molecule has 0 bridgehead atoms. The van der Waals surface area contributed by atoms with Crippen molar-refractivity contribution in [2.75, 3.05) is 6.79 Å². The number of hydrogen-bond donors (Lipinski definition) is 1. The van der Waals surface area contributed by atoms with Crippen LogP contribution in [0.1, 0.15) is 22.6 Å². The summed E-state index contributed by atoms with van der Waals surface area (Å²) in [5.74, 6) is 2.43. The maximum Gasteiger partial charge on any atom is 0.231 e. The maximum absolute atomic E-state index is 5.41. The van der Waals surface area contributed by atoms with Crippen molar-refractivity contribution >= 4 is 28.3 Å². The molecule has 3 rings (SSSR count). The van der Waals surface area contributed by atoms with Crippen LogP contribution in [0.2, 0.25) is 0 Å². The number of benzene rings is 1. The van der Waals surface area contributed by atoms with Gasteiger partial charge in [0.25, 0.3) is 0 Å². The SMILES string of the molecule is Cc1noc(C)c1CNCc1cc(Br)c2c(c1)OCO2.Cl. The summed E-state index contributed by atoms with van der Waals surface area (Å²) in [4.78, 5) is 0. The fraction of sp³-hybridized carbons (Fsp3) is 0.357. The zero-order valence-electron chi connectivity index (χ0n) is 11.7. The Kier molecular flexibility index (Phi) is 5.13. The third-order valence-corrected chi connectivity index (χ3v) is 3.89. The van der Waals surface area contributed by atoms with Gasteiger partial charge >= 0.3 is 0 Å². The van der Waals surface area contributed by atoms with Crippen LogP contribution in [-0.2, 0) is 13.1 Å². The van der Waals surface area contributed by atoms with E-state index in [-0.39, 0.29) is 19.2 Å². The lowest BCUT2D eigenvalue weighted by Gasteiger charge is -2.07. The van der Waals surface area contributed by atoms with E-state index in [1.54, 1.807) is 0 Å². The zero-order chi connectivity index (χ0) is 14.1. The molecule has 114 valence electrons. The number of nitrogens with one attached hydrogen (secondary N) is 1. The van der Waals surface area contributed by atoms with Crippen molar-refractivity contribution < 1.29 is 14.0 Å². The molecule has 1 N–H and O–H groups in total. The molecule has 2 heterocycles. The quantitative estimate of drug-likeness (QED) is 0.886. The van der Waals surface area contributed by atoms with Gasteiger partial charge in [-0.1, -0.05) is 5.16 Å². The monoisotopic (exact) mass is 374 g/mol. The first-order chi connectivity index (χ1) is 9.65. The molecule has 0 spiro atoms. The van der Waals surface area contributed by atoms with Crippen molar-refractivity contribution in [3.05, 3.63) is 39.2 Å². The van der Waals surface area contributed by atoms with Crippen LogP contribution in [0, 0.1) is 13.8 Å². The highest BCUT2D eigenvalue weighted by Crippen LogP contribution is 2.39. The van der Waals surface area contributed by atoms with Crippen molar-refractivity contribution in [1.29, 1.82) is 0 Å². The summed E-state index contributed by atoms with van der Waals surface area (Å²) in [7, 11) is 0. The largest absolute Gasteiger partial charge is 0.454 e. The van der Waals surface area contributed by atoms with Gasteiger partial charge in [0.15, 0.2) is 11.5 Å². The second-order valence-corrected chi connectivity index (χ2v) is 5.57. The normalized spacial score (nSPS) is 12.3. The minimum atomic E-state index is 0. The molecular formula is C14H16BrClN2O3. The predicted molar refractivity (Wildman–Crippen MR) is 84.0 cm³/mol. The molecule has 1 aliphatic heterocycles. The van der Waals surface area contributed by atoms with Crippen molar-refractivity contribution in [3.63, 3.8) is 0 Å². The first-order valence-corrected chi connectivity index (χ1v) is 7.15. The van der Waals surface area contributed by atoms with E-state index >= 15 is 0 Å². The molecule has 0 saturated carbocycles. The number of ether oxygens (including phenoxy) is 2. The van der Waals surface area contributed by atoms with Gasteiger partial charge in [0, 0.05) is 18.7 Å². The molecule has 1 aliphatic rings. The Morgan fingerprint density at radius 1 is 1.24 bits per heavy atom. The predicted octanol–water partition coefficient (Wildman–Crippen LogP) is 3.49. The smallest absolute Gasteiger partial charge is 0.231 e. The summed E-state index contributed by atoms with van der Waals surface area (Å²) in [6.07, 6.45) is 0. The first kappa shape index (κ1) is 16.1. The van der Waals surface area contributed by atoms with E-state index < -0.39 is 0 Å². The van der Waals surface area contributed by atoms with E-state index in [1.165, 1.54) is 0 Å². The standard InChI is InChI=1S/C14H15BrN2O3.ClH/c1-8-11(9(2)20-17-8)6-16-5-10-3-12(15)14-13(4-10)18-7-19-14;/h3-4,16H,5-7H2,1-2H3;1H. The fourth-order valence-corrected chi connectivity index (χ4v) is 2.81. The highest BCUT2D eigenvalue weighted by Gasteiger charge is 2.17. The Morgan fingerprint density at radius 3 is 2.76 bits per heavy atom. The number of hydrogen-bond acceptors (Lipinski definition) is 5. The van der Waals surface area contributed by atoms with Crippen molar-refractivity contribution in [3.8, 4) is 11.5 Å². The minimum Gasteiger partial charge on any atom is -0.454 e. The molecule has 0 saturated heterocycles. The molecule has 0 atom stereocenters. The molecule has 0 radical (unpaired) electrons. The lowest BCUT2D eigenvalue weighted by molar-refractivity contribution is 0.173. The lowest BCUT2D eigenvalue weighted by atomic mass is 10.1. The Balaban J connectivity index is 0.00000161. The molecule has 0 aliphatic carbocycles. The van der Waals surface area contributed by atoms with Gasteiger partial charge in [-0.25, -0.2) is 0 Å². The highest BCUT2D eigenvalue weighted by atomic mass is 79.9. The molecule has 1 aromatic heterocycles. The second-order valence-electron chi connectivity index (χ2n) is 4.72. The summed E-state index contributed by atoms with van der Waals surface area (Å²) in [6, 6.07) is 4.03. The van der Waals surface area contributed by atoms with Crippen LogP contribution < -0.4 is 14.8 Å². The number of aromatic nitrogens is 1. The summed E-state index contributed by atoms with van der Waals surface area (Å²) in [5.41, 5.74) is 3.18. The van der Waals surface area contributed by atoms with Gasteiger partial charge in [0.2, 0.25) is 6.79 Å². The number of aryl methyl sites for hydroxylation is 2. The Labute approximate surface area is 137 Å². The van der Waals surface area contributed by atoms with Crippen molar-refractivity contribution in [2.24, 2.45) is 0 Å². The third kappa shape index (κ3) is 3.33. The zero-order valence-corrected chi connectivity index (χ0v) is 14.1. The van der Waals surface area contributed by atoms with Crippen molar-refractivity contribution in [2.45, 2.75) is 26.9 Å². The second kappa shape index (κ2) is 6.68. The van der Waals surface area contributed by atoms with Crippen LogP contribution >= 0.6 is 28.3 Å². The van der Waals surface area contributed by atoms with Gasteiger partial charge in [-0.3, -0.25) is 0 Å². The average Bonchev–Trinajstić information content (AvgIpc) is 3.00. The molecule has 2 aromatic rings. The molecule has 0 amide bonds. The van der Waals surface area contributed by atoms with E-state index in [0.29, 0.717) is 0 Å². The summed E-state index contributed by atoms with van der Waals surface area (Å²) >= 11 is 3.49.